The molecule has 1 unspecified atom stereocenters. The van der Waals surface area contributed by atoms with E-state index >= 15 is 0 Å². The van der Waals surface area contributed by atoms with Crippen LogP contribution in [0.1, 0.15) is 39.5 Å². The van der Waals surface area contributed by atoms with Crippen LogP contribution in [0.3, 0.4) is 0 Å². The van der Waals surface area contributed by atoms with Crippen LogP contribution in [0.4, 0.5) is 0 Å². The van der Waals surface area contributed by atoms with Gasteiger partial charge in [0.1, 0.15) is 5.75 Å². The van der Waals surface area contributed by atoms with Crippen LogP contribution in [0.5, 0.6) is 5.75 Å². The molecule has 0 aliphatic rings. The number of benzene rings is 2. The second-order valence-corrected chi connectivity index (χ2v) is 6.98. The Morgan fingerprint density at radius 2 is 1.62 bits per heavy atom. The van der Waals surface area contributed by atoms with Crippen LogP contribution in [0, 0.1) is 20.8 Å². The van der Waals surface area contributed by atoms with E-state index in [-0.39, 0.29) is 18.1 Å². The van der Waals surface area contributed by atoms with Gasteiger partial charge in [-0.1, -0.05) is 17.7 Å². The van der Waals surface area contributed by atoms with Gasteiger partial charge in [0, 0.05) is 11.1 Å². The summed E-state index contributed by atoms with van der Waals surface area (Å²) in [6.45, 7) is 7.48. The molecule has 0 aliphatic heterocycles. The highest BCUT2D eigenvalue weighted by Crippen LogP contribution is 2.43. The standard InChI is InChI=1S/C18H21O5P/c1-5-22-24(20,21)23-16-8-6-15(7-9-16)18(19)17-13(3)10-12(2)11-14(17)4/h6-11H,5H2,1-4H3,(H,20,21). The summed E-state index contributed by atoms with van der Waals surface area (Å²) in [5, 5.41) is 0. The number of phosphoric acid groups is 1. The molecule has 0 bridgehead atoms. The van der Waals surface area contributed by atoms with Crippen molar-refractivity contribution in [2.45, 2.75) is 27.7 Å². The molecular weight excluding hydrogens is 327 g/mol. The van der Waals surface area contributed by atoms with Crippen molar-refractivity contribution in [2.24, 2.45) is 0 Å². The summed E-state index contributed by atoms with van der Waals surface area (Å²) in [4.78, 5) is 22.2. The summed E-state index contributed by atoms with van der Waals surface area (Å²) in [7, 11) is -4.12. The van der Waals surface area contributed by atoms with Crippen LogP contribution in [-0.2, 0) is 9.09 Å². The average molecular weight is 348 g/mol. The van der Waals surface area contributed by atoms with Gasteiger partial charge in [0.25, 0.3) is 0 Å². The van der Waals surface area contributed by atoms with E-state index in [1.165, 1.54) is 12.1 Å². The van der Waals surface area contributed by atoms with Crippen molar-refractivity contribution >= 4 is 13.6 Å². The van der Waals surface area contributed by atoms with Gasteiger partial charge in [0.15, 0.2) is 5.78 Å². The Labute approximate surface area is 141 Å². The van der Waals surface area contributed by atoms with Crippen molar-refractivity contribution in [2.75, 3.05) is 6.61 Å². The van der Waals surface area contributed by atoms with E-state index in [1.807, 2.05) is 32.9 Å². The van der Waals surface area contributed by atoms with Crippen molar-refractivity contribution in [3.63, 3.8) is 0 Å². The smallest absolute Gasteiger partial charge is 0.404 e. The molecule has 2 aromatic rings. The Balaban J connectivity index is 2.25. The van der Waals surface area contributed by atoms with E-state index in [4.69, 9.17) is 4.52 Å². The maximum absolute atomic E-state index is 12.7. The number of ketones is 1. The molecule has 0 radical (unpaired) electrons. The topological polar surface area (TPSA) is 72.8 Å². The third kappa shape index (κ3) is 4.32. The Bertz CT molecular complexity index is 773. The highest BCUT2D eigenvalue weighted by molar-refractivity contribution is 7.47. The Morgan fingerprint density at radius 3 is 2.12 bits per heavy atom. The first-order valence-electron chi connectivity index (χ1n) is 7.63. The van der Waals surface area contributed by atoms with Crippen LogP contribution in [0.25, 0.3) is 0 Å². The molecule has 0 saturated heterocycles. The minimum Gasteiger partial charge on any atom is -0.404 e. The van der Waals surface area contributed by atoms with Gasteiger partial charge in [-0.15, -0.1) is 0 Å². The predicted octanol–water partition coefficient (Wildman–Crippen LogP) is 4.36. The minimum absolute atomic E-state index is 0.0658. The SMILES string of the molecule is CCOP(=O)(O)Oc1ccc(C(=O)c2c(C)cc(C)cc2C)cc1. The second-order valence-electron chi connectivity index (χ2n) is 5.60. The van der Waals surface area contributed by atoms with Gasteiger partial charge in [0.05, 0.1) is 6.61 Å². The zero-order chi connectivity index (χ0) is 17.9. The first-order valence-corrected chi connectivity index (χ1v) is 9.12. The highest BCUT2D eigenvalue weighted by atomic mass is 31.2. The van der Waals surface area contributed by atoms with E-state index in [1.54, 1.807) is 19.1 Å². The van der Waals surface area contributed by atoms with Gasteiger partial charge in [-0.3, -0.25) is 14.2 Å². The number of hydrogen-bond donors (Lipinski definition) is 1. The van der Waals surface area contributed by atoms with Crippen molar-refractivity contribution in [1.29, 1.82) is 0 Å². The van der Waals surface area contributed by atoms with Crippen LogP contribution in [0.15, 0.2) is 36.4 Å². The summed E-state index contributed by atoms with van der Waals surface area (Å²) < 4.78 is 21.2. The Kier molecular flexibility index (Phi) is 5.60. The fraction of sp³-hybridized carbons (Fsp3) is 0.278. The lowest BCUT2D eigenvalue weighted by molar-refractivity contribution is 0.103. The predicted molar refractivity (Wildman–Crippen MR) is 92.6 cm³/mol. The number of carbonyl (C=O) groups excluding carboxylic acids is 1. The summed E-state index contributed by atoms with van der Waals surface area (Å²) in [5.41, 5.74) is 4.13. The fourth-order valence-corrected chi connectivity index (χ4v) is 3.44. The fourth-order valence-electron chi connectivity index (χ4n) is 2.67. The molecule has 2 aromatic carbocycles. The Morgan fingerprint density at radius 1 is 1.08 bits per heavy atom. The highest BCUT2D eigenvalue weighted by Gasteiger charge is 2.22. The number of hydrogen-bond acceptors (Lipinski definition) is 4. The third-order valence-electron chi connectivity index (χ3n) is 3.53. The second kappa shape index (κ2) is 7.31. The normalized spacial score (nSPS) is 13.4. The van der Waals surface area contributed by atoms with E-state index in [2.05, 4.69) is 4.52 Å². The molecule has 24 heavy (non-hydrogen) atoms. The van der Waals surface area contributed by atoms with Crippen molar-refractivity contribution < 1.29 is 23.3 Å². The van der Waals surface area contributed by atoms with Gasteiger partial charge >= 0.3 is 7.82 Å². The largest absolute Gasteiger partial charge is 0.527 e. The van der Waals surface area contributed by atoms with Crippen molar-refractivity contribution in [3.05, 3.63) is 64.2 Å². The van der Waals surface area contributed by atoms with Crippen LogP contribution in [-0.4, -0.2) is 17.3 Å². The minimum atomic E-state index is -4.12. The lowest BCUT2D eigenvalue weighted by Gasteiger charge is -2.13. The van der Waals surface area contributed by atoms with Gasteiger partial charge in [-0.25, -0.2) is 4.57 Å². The molecule has 128 valence electrons. The molecule has 0 aromatic heterocycles. The van der Waals surface area contributed by atoms with Crippen LogP contribution >= 0.6 is 7.82 Å². The molecule has 0 heterocycles. The molecule has 1 N–H and O–H groups in total. The quantitative estimate of drug-likeness (QED) is 0.620. The van der Waals surface area contributed by atoms with Crippen LogP contribution in [0.2, 0.25) is 0 Å². The summed E-state index contributed by atoms with van der Waals surface area (Å²) >= 11 is 0. The summed E-state index contributed by atoms with van der Waals surface area (Å²) in [5.74, 6) is 0.0803. The first-order chi connectivity index (χ1) is 11.2. The van der Waals surface area contributed by atoms with E-state index in [9.17, 15) is 14.3 Å². The molecule has 5 nitrogen and oxygen atoms in total. The zero-order valence-electron chi connectivity index (χ0n) is 14.2. The number of aryl methyl sites for hydroxylation is 3. The number of rotatable bonds is 6. The van der Waals surface area contributed by atoms with E-state index in [0.29, 0.717) is 11.1 Å². The molecule has 0 saturated carbocycles. The lowest BCUT2D eigenvalue weighted by Crippen LogP contribution is -2.07. The van der Waals surface area contributed by atoms with Gasteiger partial charge < -0.3 is 4.52 Å². The zero-order valence-corrected chi connectivity index (χ0v) is 15.1. The van der Waals surface area contributed by atoms with Gasteiger partial charge in [-0.05, 0) is 63.1 Å². The van der Waals surface area contributed by atoms with Crippen molar-refractivity contribution in [1.82, 2.24) is 0 Å². The Hall–Kier alpha value is -1.94. The third-order valence-corrected chi connectivity index (χ3v) is 4.56. The molecule has 1 atom stereocenters. The maximum Gasteiger partial charge on any atom is 0.527 e. The van der Waals surface area contributed by atoms with Gasteiger partial charge in [-0.2, -0.15) is 0 Å². The lowest BCUT2D eigenvalue weighted by atomic mass is 9.93. The molecule has 2 rings (SSSR count). The van der Waals surface area contributed by atoms with E-state index < -0.39 is 7.82 Å². The van der Waals surface area contributed by atoms with Gasteiger partial charge in [0.2, 0.25) is 0 Å². The maximum atomic E-state index is 12.7. The number of carbonyl (C=O) groups is 1. The molecule has 0 aliphatic carbocycles. The van der Waals surface area contributed by atoms with Crippen molar-refractivity contribution in [3.8, 4) is 5.75 Å². The summed E-state index contributed by atoms with van der Waals surface area (Å²) in [6, 6.07) is 10.1. The van der Waals surface area contributed by atoms with Crippen LogP contribution < -0.4 is 4.52 Å². The number of phosphoric ester groups is 1. The monoisotopic (exact) mass is 348 g/mol. The molecular formula is C18H21O5P. The average Bonchev–Trinajstić information content (AvgIpc) is 2.46. The molecule has 0 spiro atoms. The molecule has 0 fully saturated rings. The molecule has 6 heteroatoms. The van der Waals surface area contributed by atoms with E-state index in [0.717, 1.165) is 16.7 Å². The first kappa shape index (κ1) is 18.4. The molecule has 0 amide bonds. The summed E-state index contributed by atoms with van der Waals surface area (Å²) in [6.07, 6.45) is 0.